The van der Waals surface area contributed by atoms with Crippen molar-refractivity contribution in [2.45, 2.75) is 39.3 Å². The lowest BCUT2D eigenvalue weighted by Crippen LogP contribution is -2.33. The Kier molecular flexibility index (Phi) is 13.0. The van der Waals surface area contributed by atoms with E-state index in [4.69, 9.17) is 4.74 Å². The second kappa shape index (κ2) is 17.9. The first-order valence-corrected chi connectivity index (χ1v) is 17.4. The normalized spacial score (nSPS) is 11.3. The number of aromatic nitrogens is 3. The molecule has 0 unspecified atom stereocenters. The van der Waals surface area contributed by atoms with Crippen LogP contribution in [-0.2, 0) is 25.4 Å². The van der Waals surface area contributed by atoms with Crippen molar-refractivity contribution in [1.29, 1.82) is 0 Å². The molecular weight excluding hydrogens is 768 g/mol. The summed E-state index contributed by atoms with van der Waals surface area (Å²) >= 11 is 0. The fourth-order valence-corrected chi connectivity index (χ4v) is 5.73. The minimum absolute atomic E-state index is 0.0368. The first-order chi connectivity index (χ1) is 27.5. The van der Waals surface area contributed by atoms with Gasteiger partial charge in [0, 0.05) is 48.2 Å². The zero-order valence-electron chi connectivity index (χ0n) is 31.1. The van der Waals surface area contributed by atoms with Crippen molar-refractivity contribution in [1.82, 2.24) is 24.8 Å². The van der Waals surface area contributed by atoms with E-state index in [0.717, 1.165) is 44.5 Å². The molecule has 3 aromatic carbocycles. The van der Waals surface area contributed by atoms with Gasteiger partial charge in [-0.25, -0.2) is 0 Å². The Morgan fingerprint density at radius 2 is 1.05 bits per heavy atom. The van der Waals surface area contributed by atoms with Gasteiger partial charge in [0.25, 0.3) is 22.9 Å². The van der Waals surface area contributed by atoms with Crippen LogP contribution in [0.15, 0.2) is 131 Å². The zero-order chi connectivity index (χ0) is 42.2. The Hall–Kier alpha value is -6.97. The van der Waals surface area contributed by atoms with Gasteiger partial charge in [-0.05, 0) is 110 Å². The molecule has 0 atom stereocenters. The maximum absolute atomic E-state index is 13.0. The summed E-state index contributed by atoms with van der Waals surface area (Å²) in [5.74, 6) is -0.602. The van der Waals surface area contributed by atoms with Gasteiger partial charge in [-0.2, -0.15) is 26.3 Å². The van der Waals surface area contributed by atoms with Crippen LogP contribution in [0.5, 0.6) is 5.75 Å². The van der Waals surface area contributed by atoms with Crippen LogP contribution in [0, 0.1) is 13.8 Å². The molecule has 6 rings (SSSR count). The Balaban J connectivity index is 0.000000221. The molecule has 58 heavy (non-hydrogen) atoms. The highest BCUT2D eigenvalue weighted by molar-refractivity contribution is 5.94. The highest BCUT2D eigenvalue weighted by atomic mass is 19.4. The molecule has 16 heteroatoms. The largest absolute Gasteiger partial charge is 0.497 e. The van der Waals surface area contributed by atoms with Crippen molar-refractivity contribution < 1.29 is 40.7 Å². The molecule has 10 nitrogen and oxygen atoms in total. The highest BCUT2D eigenvalue weighted by Crippen LogP contribution is 2.31. The summed E-state index contributed by atoms with van der Waals surface area (Å²) in [5.41, 5.74) is -0.985. The number of rotatable bonds is 9. The number of halogens is 6. The Labute approximate surface area is 327 Å². The first-order valence-electron chi connectivity index (χ1n) is 17.4. The van der Waals surface area contributed by atoms with E-state index in [9.17, 15) is 45.5 Å². The van der Waals surface area contributed by atoms with Gasteiger partial charge in [0.15, 0.2) is 0 Å². The number of carbonyl (C=O) groups excluding carboxylic acids is 2. The number of alkyl halides is 6. The van der Waals surface area contributed by atoms with Crippen LogP contribution in [0.3, 0.4) is 0 Å². The molecule has 300 valence electrons. The smallest absolute Gasteiger partial charge is 0.416 e. The topological polar surface area (TPSA) is 124 Å². The third-order valence-electron chi connectivity index (χ3n) is 8.70. The summed E-state index contributed by atoms with van der Waals surface area (Å²) in [5, 5.41) is 5.28. The number of benzene rings is 3. The maximum Gasteiger partial charge on any atom is 0.416 e. The number of ether oxygens (including phenoxy) is 1. The molecule has 0 saturated carbocycles. The molecule has 6 aromatic rings. The number of nitrogens with one attached hydrogen (secondary N) is 2. The molecule has 0 fully saturated rings. The first kappa shape index (κ1) is 42.2. The molecule has 0 aliphatic heterocycles. The van der Waals surface area contributed by atoms with Crippen molar-refractivity contribution >= 4 is 11.8 Å². The van der Waals surface area contributed by atoms with Crippen molar-refractivity contribution in [3.63, 3.8) is 0 Å². The molecule has 2 N–H and O–H groups in total. The predicted molar refractivity (Wildman–Crippen MR) is 203 cm³/mol. The predicted octanol–water partition coefficient (Wildman–Crippen LogP) is 7.59. The second-order valence-electron chi connectivity index (χ2n) is 12.7. The van der Waals surface area contributed by atoms with Gasteiger partial charge in [-0.1, -0.05) is 24.3 Å². The average Bonchev–Trinajstić information content (AvgIpc) is 3.19. The molecule has 0 aliphatic rings. The lowest BCUT2D eigenvalue weighted by atomic mass is 10.1. The molecular formula is C42H35F6N5O5. The lowest BCUT2D eigenvalue weighted by Gasteiger charge is -2.14. The van der Waals surface area contributed by atoms with Crippen LogP contribution in [0.2, 0.25) is 0 Å². The molecule has 3 aromatic heterocycles. The van der Waals surface area contributed by atoms with E-state index >= 15 is 0 Å². The standard InChI is InChI=1S/C22H19F3N2O3.C20H16F3N3O2/c1-14-9-10-19(20(28)26-13-15-5-3-8-18(11-15)30-2)21(29)27(14)17-7-4-6-16(12-17)22(23,24)25;1-13-5-6-17(18(27)25-12-14-7-9-24-10-8-14)19(28)26(13)16-4-2-3-15(11-16)20(21,22)23/h3-12H,13H2,1-2H3,(H,26,28);2-11H,12H2,1H3,(H,25,27). The summed E-state index contributed by atoms with van der Waals surface area (Å²) < 4.78 is 85.5. The number of pyridine rings is 3. The Morgan fingerprint density at radius 3 is 1.50 bits per heavy atom. The van der Waals surface area contributed by atoms with Gasteiger partial charge in [0.2, 0.25) is 0 Å². The molecule has 0 radical (unpaired) electrons. The number of amides is 2. The van der Waals surface area contributed by atoms with Crippen molar-refractivity contribution in [2.24, 2.45) is 0 Å². The number of carbonyl (C=O) groups is 2. The second-order valence-corrected chi connectivity index (χ2v) is 12.7. The van der Waals surface area contributed by atoms with E-state index in [0.29, 0.717) is 17.1 Å². The van der Waals surface area contributed by atoms with Crippen molar-refractivity contribution in [3.8, 4) is 17.1 Å². The monoisotopic (exact) mass is 803 g/mol. The van der Waals surface area contributed by atoms with E-state index in [-0.39, 0.29) is 35.6 Å². The van der Waals surface area contributed by atoms with E-state index in [1.807, 2.05) is 0 Å². The number of nitrogens with zero attached hydrogens (tertiary/aromatic N) is 3. The highest BCUT2D eigenvalue weighted by Gasteiger charge is 2.32. The minimum Gasteiger partial charge on any atom is -0.497 e. The third kappa shape index (κ3) is 10.3. The van der Waals surface area contributed by atoms with E-state index in [1.54, 1.807) is 62.6 Å². The van der Waals surface area contributed by atoms with Crippen LogP contribution in [-0.4, -0.2) is 33.0 Å². The number of methoxy groups -OCH3 is 1. The maximum atomic E-state index is 13.0. The summed E-state index contributed by atoms with van der Waals surface area (Å²) in [6.07, 6.45) is -5.92. The quantitative estimate of drug-likeness (QED) is 0.145. The molecule has 0 spiro atoms. The van der Waals surface area contributed by atoms with Crippen LogP contribution >= 0.6 is 0 Å². The SMILES string of the molecule is COc1cccc(CNC(=O)c2ccc(C)n(-c3cccc(C(F)(F)F)c3)c2=O)c1.Cc1ccc(C(=O)NCc2ccncc2)c(=O)n1-c1cccc(C(F)(F)F)c1. The molecule has 0 aliphatic carbocycles. The van der Waals surface area contributed by atoms with Crippen molar-refractivity contribution in [3.05, 3.63) is 187 Å². The molecule has 3 heterocycles. The third-order valence-corrected chi connectivity index (χ3v) is 8.70. The van der Waals surface area contributed by atoms with Crippen molar-refractivity contribution in [2.75, 3.05) is 7.11 Å². The van der Waals surface area contributed by atoms with Gasteiger partial charge in [0.1, 0.15) is 16.9 Å². The summed E-state index contributed by atoms with van der Waals surface area (Å²) in [6.45, 7) is 3.52. The van der Waals surface area contributed by atoms with Gasteiger partial charge < -0.3 is 15.4 Å². The van der Waals surface area contributed by atoms with E-state index < -0.39 is 46.4 Å². The van der Waals surface area contributed by atoms with E-state index in [2.05, 4.69) is 15.6 Å². The van der Waals surface area contributed by atoms with Gasteiger partial charge in [-0.3, -0.25) is 33.3 Å². The van der Waals surface area contributed by atoms with Crippen LogP contribution in [0.4, 0.5) is 26.3 Å². The Morgan fingerprint density at radius 1 is 0.603 bits per heavy atom. The Bertz CT molecular complexity index is 2550. The summed E-state index contributed by atoms with van der Waals surface area (Å²) in [4.78, 5) is 54.6. The summed E-state index contributed by atoms with van der Waals surface area (Å²) in [7, 11) is 1.53. The van der Waals surface area contributed by atoms with Gasteiger partial charge >= 0.3 is 12.4 Å². The van der Waals surface area contributed by atoms with Gasteiger partial charge in [-0.15, -0.1) is 0 Å². The average molecular weight is 804 g/mol. The van der Waals surface area contributed by atoms with E-state index in [1.165, 1.54) is 55.6 Å². The fraction of sp³-hybridized carbons (Fsp3) is 0.167. The van der Waals surface area contributed by atoms with Crippen LogP contribution in [0.25, 0.3) is 11.4 Å². The minimum atomic E-state index is -4.54. The lowest BCUT2D eigenvalue weighted by molar-refractivity contribution is -0.138. The molecule has 2 amide bonds. The molecule has 0 saturated heterocycles. The van der Waals surface area contributed by atoms with Gasteiger partial charge in [0.05, 0.1) is 18.2 Å². The number of hydrogen-bond acceptors (Lipinski definition) is 6. The fourth-order valence-electron chi connectivity index (χ4n) is 5.73. The number of aryl methyl sites for hydroxylation is 2. The zero-order valence-corrected chi connectivity index (χ0v) is 31.1. The number of hydrogen-bond donors (Lipinski definition) is 2. The summed E-state index contributed by atoms with van der Waals surface area (Å²) in [6, 6.07) is 25.1. The van der Waals surface area contributed by atoms with Crippen LogP contribution in [0.1, 0.15) is 54.4 Å². The molecule has 0 bridgehead atoms. The van der Waals surface area contributed by atoms with Crippen LogP contribution < -0.4 is 26.5 Å².